The molecule has 1 unspecified atom stereocenters. The van der Waals surface area contributed by atoms with Crippen LogP contribution in [0.25, 0.3) is 28.0 Å². The Hall–Kier alpha value is -5.29. The lowest BCUT2D eigenvalue weighted by molar-refractivity contribution is -0.295. The largest absolute Gasteiger partial charge is 0.598 e. The molecule has 76 heavy (non-hydrogen) atoms. The summed E-state index contributed by atoms with van der Waals surface area (Å²) in [6.45, 7) is 19.3. The van der Waals surface area contributed by atoms with E-state index in [1.165, 1.54) is 6.07 Å². The Morgan fingerprint density at radius 3 is 1.41 bits per heavy atom. The molecule has 0 amide bonds. The molecule has 0 spiro atoms. The third-order valence-electron chi connectivity index (χ3n) is 13.7. The van der Waals surface area contributed by atoms with Crippen molar-refractivity contribution in [3.05, 3.63) is 148 Å². The van der Waals surface area contributed by atoms with Crippen LogP contribution in [-0.4, -0.2) is 60.8 Å². The van der Waals surface area contributed by atoms with Crippen molar-refractivity contribution < 1.29 is 62.0 Å². The minimum Gasteiger partial charge on any atom is -0.385 e. The fourth-order valence-corrected chi connectivity index (χ4v) is 8.81. The predicted molar refractivity (Wildman–Crippen MR) is 280 cm³/mol. The quantitative estimate of drug-likeness (QED) is 0.0878. The van der Waals surface area contributed by atoms with Crippen LogP contribution in [0.2, 0.25) is 0 Å². The van der Waals surface area contributed by atoms with Gasteiger partial charge in [0.05, 0.1) is 11.4 Å². The van der Waals surface area contributed by atoms with Gasteiger partial charge in [-0.15, -0.1) is 0 Å². The van der Waals surface area contributed by atoms with E-state index in [1.54, 1.807) is 48.6 Å². The highest BCUT2D eigenvalue weighted by atomic mass is 19.4. The highest BCUT2D eigenvalue weighted by Gasteiger charge is 2.60. The molecule has 0 radical (unpaired) electrons. The SMILES string of the molecule is CC(F)(F)CC/C(=C1/N=C(c2ccc(C(C)(C)C)cc2)C=C1c1ccc(C(C)(C)C)cc1)c1c(C2=CCC(C(C)(C)C)C=C2)cc(-c2ccc(C(C)(C)C)cc2)n1B(OCC(F)(F)C(F)(F)F)OCC(F)(F)C(F)(F)F. The fraction of sp³-hybridized carbons (Fsp3) is 0.475. The van der Waals surface area contributed by atoms with Gasteiger partial charge in [-0.3, -0.25) is 0 Å². The lowest BCUT2D eigenvalue weighted by atomic mass is 9.76. The number of alkyl halides is 12. The van der Waals surface area contributed by atoms with Crippen LogP contribution >= 0.6 is 0 Å². The molecule has 0 N–H and O–H groups in total. The summed E-state index contributed by atoms with van der Waals surface area (Å²) in [4.78, 5) is 5.13. The molecule has 4 nitrogen and oxygen atoms in total. The summed E-state index contributed by atoms with van der Waals surface area (Å²) < 4.78 is 187. The van der Waals surface area contributed by atoms with Crippen molar-refractivity contribution in [2.45, 2.75) is 156 Å². The molecular formula is C59H67BF12N2O2. The van der Waals surface area contributed by atoms with Gasteiger partial charge in [0.2, 0.25) is 5.92 Å². The highest BCUT2D eigenvalue weighted by Crippen LogP contribution is 2.47. The van der Waals surface area contributed by atoms with E-state index in [-0.39, 0.29) is 55.9 Å². The molecule has 4 aromatic rings. The van der Waals surface area contributed by atoms with E-state index in [0.29, 0.717) is 41.3 Å². The molecule has 1 aromatic heterocycles. The van der Waals surface area contributed by atoms with Crippen LogP contribution in [0.4, 0.5) is 52.7 Å². The van der Waals surface area contributed by atoms with Crippen LogP contribution in [0.15, 0.2) is 114 Å². The van der Waals surface area contributed by atoms with Gasteiger partial charge in [-0.2, -0.15) is 43.9 Å². The Kier molecular flexibility index (Phi) is 16.7. The zero-order valence-corrected chi connectivity index (χ0v) is 45.3. The second-order valence-electron chi connectivity index (χ2n) is 24.2. The number of hydrogen-bond donors (Lipinski definition) is 0. The molecule has 17 heteroatoms. The van der Waals surface area contributed by atoms with Crippen LogP contribution in [-0.2, 0) is 25.6 Å². The van der Waals surface area contributed by atoms with Crippen molar-refractivity contribution in [1.29, 1.82) is 0 Å². The van der Waals surface area contributed by atoms with E-state index in [4.69, 9.17) is 14.3 Å². The first-order valence-electron chi connectivity index (χ1n) is 25.1. The lowest BCUT2D eigenvalue weighted by Gasteiger charge is -2.30. The van der Waals surface area contributed by atoms with Crippen LogP contribution in [0.1, 0.15) is 148 Å². The zero-order valence-electron chi connectivity index (χ0n) is 45.3. The minimum absolute atomic E-state index is 0.0193. The molecule has 0 saturated carbocycles. The molecule has 1 aliphatic carbocycles. The maximum atomic E-state index is 15.6. The number of aromatic nitrogens is 1. The van der Waals surface area contributed by atoms with Gasteiger partial charge in [0, 0.05) is 40.1 Å². The maximum Gasteiger partial charge on any atom is 0.598 e. The zero-order chi connectivity index (χ0) is 57.0. The predicted octanol–water partition coefficient (Wildman–Crippen LogP) is 18.0. The van der Waals surface area contributed by atoms with E-state index in [9.17, 15) is 26.3 Å². The minimum atomic E-state index is -6.28. The lowest BCUT2D eigenvalue weighted by Crippen LogP contribution is -2.48. The molecule has 2 aliphatic rings. The average Bonchev–Trinajstić information content (AvgIpc) is 3.91. The van der Waals surface area contributed by atoms with Crippen LogP contribution in [0.5, 0.6) is 0 Å². The topological polar surface area (TPSA) is 35.8 Å². The van der Waals surface area contributed by atoms with E-state index in [2.05, 4.69) is 0 Å². The second-order valence-corrected chi connectivity index (χ2v) is 24.2. The van der Waals surface area contributed by atoms with Gasteiger partial charge in [0.1, 0.15) is 13.2 Å². The Bertz CT molecular complexity index is 2840. The molecule has 2 heterocycles. The number of aliphatic imine (C=N–C) groups is 1. The Balaban J connectivity index is 1.83. The number of benzene rings is 3. The van der Waals surface area contributed by atoms with Gasteiger partial charge >= 0.3 is 31.5 Å². The third kappa shape index (κ3) is 13.9. The maximum absolute atomic E-state index is 15.6. The normalized spacial score (nSPS) is 17.2. The molecule has 0 fully saturated rings. The van der Waals surface area contributed by atoms with E-state index in [1.807, 2.05) is 132 Å². The molecule has 1 aliphatic heterocycles. The van der Waals surface area contributed by atoms with Gasteiger partial charge in [-0.25, -0.2) is 13.8 Å². The van der Waals surface area contributed by atoms with Crippen molar-refractivity contribution in [1.82, 2.24) is 4.48 Å². The van der Waals surface area contributed by atoms with E-state index >= 15 is 26.3 Å². The highest BCUT2D eigenvalue weighted by molar-refractivity contribution is 6.44. The van der Waals surface area contributed by atoms with Crippen LogP contribution in [0, 0.1) is 11.3 Å². The standard InChI is InChI=1S/C59H67BF12N2O2/c1-51(2,3)40-22-14-36(15-23-40)45-32-47(38-18-26-42(27-19-38)53(7,8)9)73-49(45)44(30-31-55(13,61)62)50-46(37-16-24-41(25-17-37)52(4,5)6)33-48(39-20-28-43(29-21-39)54(10,11)12)74(50)60(75-34-56(63,64)58(67,68)69)76-35-57(65,66)59(70,71)72/h14-24,26-29,32-33,41H,25,30-31,34-35H2,1-13H3/b49-44-. The number of rotatable bonds is 15. The van der Waals surface area contributed by atoms with Crippen molar-refractivity contribution >= 4 is 29.7 Å². The molecular weight excluding hydrogens is 1010 g/mol. The molecule has 0 bridgehead atoms. The first-order valence-corrected chi connectivity index (χ1v) is 25.1. The summed E-state index contributed by atoms with van der Waals surface area (Å²) in [6.07, 6.45) is -6.58. The van der Waals surface area contributed by atoms with Crippen molar-refractivity contribution in [3.8, 4) is 11.3 Å². The first-order chi connectivity index (χ1) is 34.6. The van der Waals surface area contributed by atoms with Gasteiger partial charge in [0.25, 0.3) is 0 Å². The Morgan fingerprint density at radius 2 is 1.03 bits per heavy atom. The van der Waals surface area contributed by atoms with Gasteiger partial charge in [0.15, 0.2) is 0 Å². The summed E-state index contributed by atoms with van der Waals surface area (Å²) in [5.74, 6) is -14.9. The summed E-state index contributed by atoms with van der Waals surface area (Å²) in [6, 6.07) is 22.7. The van der Waals surface area contributed by atoms with Crippen molar-refractivity contribution in [2.75, 3.05) is 13.2 Å². The number of allylic oxidation sites excluding steroid dienone is 7. The summed E-state index contributed by atoms with van der Waals surface area (Å²) in [7, 11) is -2.93. The monoisotopic (exact) mass is 1070 g/mol. The number of halogens is 12. The summed E-state index contributed by atoms with van der Waals surface area (Å²) in [5, 5.41) is 0. The first kappa shape index (κ1) is 60.0. The fourth-order valence-electron chi connectivity index (χ4n) is 8.81. The van der Waals surface area contributed by atoms with Crippen LogP contribution in [0.3, 0.4) is 0 Å². The molecule has 0 saturated heterocycles. The van der Waals surface area contributed by atoms with Crippen molar-refractivity contribution in [2.24, 2.45) is 16.3 Å². The van der Waals surface area contributed by atoms with Gasteiger partial charge in [-0.05, 0) is 92.9 Å². The molecule has 3 aromatic carbocycles. The summed E-state index contributed by atoms with van der Waals surface area (Å²) >= 11 is 0. The van der Waals surface area contributed by atoms with Crippen LogP contribution < -0.4 is 0 Å². The summed E-state index contributed by atoms with van der Waals surface area (Å²) in [5.41, 5.74) is 3.27. The smallest absolute Gasteiger partial charge is 0.385 e. The van der Waals surface area contributed by atoms with Gasteiger partial charge in [-0.1, -0.05) is 174 Å². The van der Waals surface area contributed by atoms with Gasteiger partial charge < -0.3 is 13.8 Å². The second kappa shape index (κ2) is 21.2. The van der Waals surface area contributed by atoms with E-state index < -0.39 is 68.8 Å². The molecule has 412 valence electrons. The number of nitrogens with zero attached hydrogens (tertiary/aromatic N) is 2. The number of hydrogen-bond acceptors (Lipinski definition) is 3. The Labute approximate surface area is 439 Å². The van der Waals surface area contributed by atoms with Crippen molar-refractivity contribution in [3.63, 3.8) is 0 Å². The molecule has 6 rings (SSSR count). The molecule has 1 atom stereocenters. The third-order valence-corrected chi connectivity index (χ3v) is 13.7. The Morgan fingerprint density at radius 1 is 0.592 bits per heavy atom. The average molecular weight is 1070 g/mol. The van der Waals surface area contributed by atoms with E-state index in [0.717, 1.165) is 21.2 Å².